The molecule has 2 aliphatic heterocycles. The molecule has 2 aliphatic rings. The molecule has 3 aromatic rings. The number of hydrogen-bond acceptors (Lipinski definition) is 3. The molecule has 5 rings (SSSR count). The van der Waals surface area contributed by atoms with E-state index in [0.29, 0.717) is 12.1 Å². The standard InChI is InChI=1S/C23H25ClN4/c1-14(16-11-25-15(2)26-12-16)13-28-21-9-17(24)7-8-19(21)23-20-6-4-5-18(27(20)3)10-22(23)28/h7-9,11-13,18,20H,4-6,10H2,1-3H3/b14-13+. The fourth-order valence-corrected chi connectivity index (χ4v) is 5.15. The van der Waals surface area contributed by atoms with Crippen molar-refractivity contribution in [1.82, 2.24) is 19.4 Å². The molecule has 0 aliphatic carbocycles. The van der Waals surface area contributed by atoms with Crippen LogP contribution in [0.4, 0.5) is 0 Å². The third-order valence-corrected chi connectivity index (χ3v) is 6.75. The van der Waals surface area contributed by atoms with Gasteiger partial charge in [-0.15, -0.1) is 0 Å². The predicted octanol–water partition coefficient (Wildman–Crippen LogP) is 5.49. The lowest BCUT2D eigenvalue weighted by atomic mass is 9.82. The molecule has 28 heavy (non-hydrogen) atoms. The number of benzene rings is 1. The highest BCUT2D eigenvalue weighted by molar-refractivity contribution is 6.31. The molecule has 0 saturated carbocycles. The summed E-state index contributed by atoms with van der Waals surface area (Å²) in [5, 5.41) is 2.12. The molecular formula is C23H25ClN4. The molecule has 2 aromatic heterocycles. The van der Waals surface area contributed by atoms with Crippen LogP contribution in [-0.4, -0.2) is 32.5 Å². The maximum absolute atomic E-state index is 6.40. The van der Waals surface area contributed by atoms with E-state index in [2.05, 4.69) is 51.7 Å². The van der Waals surface area contributed by atoms with Crippen molar-refractivity contribution >= 4 is 34.3 Å². The van der Waals surface area contributed by atoms with E-state index in [1.165, 1.54) is 41.4 Å². The van der Waals surface area contributed by atoms with Crippen LogP contribution in [0.1, 0.15) is 54.9 Å². The number of piperidine rings is 1. The van der Waals surface area contributed by atoms with Gasteiger partial charge in [-0.3, -0.25) is 4.90 Å². The third-order valence-electron chi connectivity index (χ3n) is 6.51. The van der Waals surface area contributed by atoms with Gasteiger partial charge in [0.1, 0.15) is 5.82 Å². The first-order chi connectivity index (χ1) is 13.5. The minimum atomic E-state index is 0.504. The van der Waals surface area contributed by atoms with Crippen molar-refractivity contribution in [2.45, 2.75) is 51.6 Å². The summed E-state index contributed by atoms with van der Waals surface area (Å²) in [6, 6.07) is 7.46. The van der Waals surface area contributed by atoms with Gasteiger partial charge in [0.2, 0.25) is 0 Å². The van der Waals surface area contributed by atoms with E-state index in [1.54, 1.807) is 0 Å². The van der Waals surface area contributed by atoms with Crippen LogP contribution < -0.4 is 0 Å². The van der Waals surface area contributed by atoms with Crippen LogP contribution in [-0.2, 0) is 6.42 Å². The van der Waals surface area contributed by atoms with E-state index < -0.39 is 0 Å². The Bertz CT molecular complexity index is 1080. The van der Waals surface area contributed by atoms with Gasteiger partial charge < -0.3 is 4.57 Å². The van der Waals surface area contributed by atoms with Gasteiger partial charge in [0, 0.05) is 58.8 Å². The first-order valence-electron chi connectivity index (χ1n) is 10.0. The molecular weight excluding hydrogens is 368 g/mol. The van der Waals surface area contributed by atoms with Crippen LogP contribution >= 0.6 is 11.6 Å². The van der Waals surface area contributed by atoms with Crippen LogP contribution in [0.3, 0.4) is 0 Å². The summed E-state index contributed by atoms with van der Waals surface area (Å²) in [6.07, 6.45) is 11.0. The minimum absolute atomic E-state index is 0.504. The molecule has 0 spiro atoms. The van der Waals surface area contributed by atoms with Gasteiger partial charge in [0.15, 0.2) is 0 Å². The number of halogens is 1. The quantitative estimate of drug-likeness (QED) is 0.578. The van der Waals surface area contributed by atoms with Gasteiger partial charge in [-0.05, 0) is 63.4 Å². The molecule has 4 heterocycles. The number of rotatable bonds is 2. The maximum Gasteiger partial charge on any atom is 0.125 e. The van der Waals surface area contributed by atoms with Crippen molar-refractivity contribution < 1.29 is 0 Å². The van der Waals surface area contributed by atoms with Gasteiger partial charge in [-0.2, -0.15) is 0 Å². The normalized spacial score (nSPS) is 22.5. The Labute approximate surface area is 170 Å². The summed E-state index contributed by atoms with van der Waals surface area (Å²) < 4.78 is 2.38. The number of aromatic nitrogens is 3. The van der Waals surface area contributed by atoms with Crippen LogP contribution in [0.2, 0.25) is 5.02 Å². The molecule has 4 nitrogen and oxygen atoms in total. The molecule has 1 aromatic carbocycles. The summed E-state index contributed by atoms with van der Waals surface area (Å²) in [6.45, 7) is 4.04. The largest absolute Gasteiger partial charge is 0.320 e. The Kier molecular flexibility index (Phi) is 4.29. The zero-order chi connectivity index (χ0) is 19.4. The second-order valence-corrected chi connectivity index (χ2v) is 8.63. The van der Waals surface area contributed by atoms with Crippen molar-refractivity contribution in [2.24, 2.45) is 0 Å². The fourth-order valence-electron chi connectivity index (χ4n) is 4.98. The molecule has 1 fully saturated rings. The lowest BCUT2D eigenvalue weighted by Gasteiger charge is -2.44. The molecule has 144 valence electrons. The van der Waals surface area contributed by atoms with Gasteiger partial charge >= 0.3 is 0 Å². The first kappa shape index (κ1) is 17.9. The zero-order valence-corrected chi connectivity index (χ0v) is 17.4. The molecule has 2 bridgehead atoms. The van der Waals surface area contributed by atoms with Crippen LogP contribution in [0.5, 0.6) is 0 Å². The average Bonchev–Trinajstić information content (AvgIpc) is 2.95. The Morgan fingerprint density at radius 1 is 1.21 bits per heavy atom. The minimum Gasteiger partial charge on any atom is -0.320 e. The second kappa shape index (κ2) is 6.71. The summed E-state index contributed by atoms with van der Waals surface area (Å²) in [5.41, 5.74) is 6.35. The number of fused-ring (bicyclic) bond motifs is 6. The smallest absolute Gasteiger partial charge is 0.125 e. The fraction of sp³-hybridized carbons (Fsp3) is 0.391. The second-order valence-electron chi connectivity index (χ2n) is 8.19. The zero-order valence-electron chi connectivity index (χ0n) is 16.6. The van der Waals surface area contributed by atoms with Crippen molar-refractivity contribution in [1.29, 1.82) is 0 Å². The molecule has 1 saturated heterocycles. The summed E-state index contributed by atoms with van der Waals surface area (Å²) >= 11 is 6.40. The van der Waals surface area contributed by atoms with E-state index in [1.807, 2.05) is 25.4 Å². The van der Waals surface area contributed by atoms with Gasteiger partial charge in [-0.1, -0.05) is 17.7 Å². The highest BCUT2D eigenvalue weighted by Gasteiger charge is 2.38. The lowest BCUT2D eigenvalue weighted by Crippen LogP contribution is -2.44. The molecule has 2 unspecified atom stereocenters. The molecule has 0 N–H and O–H groups in total. The highest BCUT2D eigenvalue weighted by Crippen LogP contribution is 2.46. The van der Waals surface area contributed by atoms with Gasteiger partial charge in [0.25, 0.3) is 0 Å². The van der Waals surface area contributed by atoms with Crippen LogP contribution in [0.25, 0.3) is 22.7 Å². The monoisotopic (exact) mass is 392 g/mol. The molecule has 0 radical (unpaired) electrons. The number of likely N-dealkylation sites (N-methyl/N-ethyl adjacent to an activating group) is 1. The predicted molar refractivity (Wildman–Crippen MR) is 115 cm³/mol. The van der Waals surface area contributed by atoms with E-state index >= 15 is 0 Å². The van der Waals surface area contributed by atoms with Gasteiger partial charge in [0.05, 0.1) is 5.52 Å². The first-order valence-corrected chi connectivity index (χ1v) is 10.4. The van der Waals surface area contributed by atoms with Crippen molar-refractivity contribution in [2.75, 3.05) is 7.05 Å². The SMILES string of the molecule is C/C(=C\n1c2c(c3ccc(Cl)cc31)C1CCCC(C2)N1C)c1cnc(C)nc1. The number of allylic oxidation sites excluding steroid dienone is 1. The van der Waals surface area contributed by atoms with Crippen molar-refractivity contribution in [3.8, 4) is 0 Å². The van der Waals surface area contributed by atoms with E-state index in [4.69, 9.17) is 11.6 Å². The van der Waals surface area contributed by atoms with Gasteiger partial charge in [-0.25, -0.2) is 9.97 Å². The Morgan fingerprint density at radius 2 is 2.00 bits per heavy atom. The summed E-state index contributed by atoms with van der Waals surface area (Å²) in [7, 11) is 2.29. The number of hydrogen-bond donors (Lipinski definition) is 0. The van der Waals surface area contributed by atoms with Crippen LogP contribution in [0.15, 0.2) is 30.6 Å². The van der Waals surface area contributed by atoms with Crippen LogP contribution in [0, 0.1) is 6.92 Å². The Balaban J connectivity index is 1.73. The highest BCUT2D eigenvalue weighted by atomic mass is 35.5. The number of aryl methyl sites for hydroxylation is 1. The molecule has 5 heteroatoms. The molecule has 2 atom stereocenters. The van der Waals surface area contributed by atoms with E-state index in [-0.39, 0.29) is 0 Å². The lowest BCUT2D eigenvalue weighted by molar-refractivity contribution is 0.0997. The Morgan fingerprint density at radius 3 is 2.79 bits per heavy atom. The average molecular weight is 393 g/mol. The van der Waals surface area contributed by atoms with E-state index in [9.17, 15) is 0 Å². The Hall–Kier alpha value is -2.17. The van der Waals surface area contributed by atoms with Crippen molar-refractivity contribution in [3.63, 3.8) is 0 Å². The molecule has 0 amide bonds. The topological polar surface area (TPSA) is 34.0 Å². The maximum atomic E-state index is 6.40. The summed E-state index contributed by atoms with van der Waals surface area (Å²) in [4.78, 5) is 11.3. The third kappa shape index (κ3) is 2.78. The van der Waals surface area contributed by atoms with E-state index in [0.717, 1.165) is 28.4 Å². The number of nitrogens with zero attached hydrogens (tertiary/aromatic N) is 4. The summed E-state index contributed by atoms with van der Waals surface area (Å²) in [5.74, 6) is 0.794. The van der Waals surface area contributed by atoms with Crippen molar-refractivity contribution in [3.05, 3.63) is 58.3 Å².